The number of halogens is 1. The Hall–Kier alpha value is -1.32. The molecule has 3 atom stereocenters. The van der Waals surface area contributed by atoms with Crippen molar-refractivity contribution in [1.29, 1.82) is 0 Å². The van der Waals surface area contributed by atoms with Crippen LogP contribution >= 0.6 is 11.6 Å². The summed E-state index contributed by atoms with van der Waals surface area (Å²) in [6.07, 6.45) is 8.92. The molecule has 4 heteroatoms. The molecule has 0 aromatic heterocycles. The molecule has 26 heavy (non-hydrogen) atoms. The molecular formula is C22H33ClO3. The van der Waals surface area contributed by atoms with Crippen LogP contribution in [-0.4, -0.2) is 22.8 Å². The zero-order valence-electron chi connectivity index (χ0n) is 16.6. The predicted octanol–water partition coefficient (Wildman–Crippen LogP) is 5.70. The molecule has 0 fully saturated rings. The van der Waals surface area contributed by atoms with Crippen LogP contribution in [0.5, 0.6) is 0 Å². The summed E-state index contributed by atoms with van der Waals surface area (Å²) < 4.78 is 5.46. The zero-order chi connectivity index (χ0) is 19.9. The van der Waals surface area contributed by atoms with Crippen LogP contribution in [0.3, 0.4) is 0 Å². The molecule has 1 rings (SSSR count). The van der Waals surface area contributed by atoms with Crippen molar-refractivity contribution in [3.8, 4) is 0 Å². The van der Waals surface area contributed by atoms with Gasteiger partial charge in [0.25, 0.3) is 0 Å². The smallest absolute Gasteiger partial charge is 0.313 e. The molecule has 0 aromatic carbocycles. The van der Waals surface area contributed by atoms with Crippen LogP contribution < -0.4 is 0 Å². The number of hydrogen-bond acceptors (Lipinski definition) is 3. The summed E-state index contributed by atoms with van der Waals surface area (Å²) in [4.78, 5) is 12.2. The van der Waals surface area contributed by atoms with E-state index in [0.717, 1.165) is 24.0 Å². The fourth-order valence-electron chi connectivity index (χ4n) is 3.01. The van der Waals surface area contributed by atoms with Crippen LogP contribution in [0, 0.1) is 11.8 Å². The number of allylic oxidation sites excluding steroid dienone is 3. The van der Waals surface area contributed by atoms with Crippen molar-refractivity contribution >= 4 is 17.6 Å². The van der Waals surface area contributed by atoms with Gasteiger partial charge in [-0.15, -0.1) is 0 Å². The normalized spacial score (nSPS) is 19.5. The average Bonchev–Trinajstić information content (AvgIpc) is 2.55. The van der Waals surface area contributed by atoms with E-state index < -0.39 is 11.7 Å². The van der Waals surface area contributed by atoms with E-state index in [0.29, 0.717) is 24.3 Å². The standard InChI is InChI=1S/C22H33ClO3/c1-7-8-19(20(24)15(2)9-10-16(3)23)17-11-13-18(14-12-17)21(25)26-22(4,5)6/h11-13,18-20,24H,2-3,7-10,14H2,1,4-6H3. The lowest BCUT2D eigenvalue weighted by Crippen LogP contribution is -2.29. The van der Waals surface area contributed by atoms with Gasteiger partial charge in [0, 0.05) is 11.0 Å². The summed E-state index contributed by atoms with van der Waals surface area (Å²) in [5, 5.41) is 11.3. The van der Waals surface area contributed by atoms with E-state index >= 15 is 0 Å². The molecule has 1 N–H and O–H groups in total. The second-order valence-corrected chi connectivity index (χ2v) is 8.49. The first-order valence-electron chi connectivity index (χ1n) is 9.35. The van der Waals surface area contributed by atoms with Crippen molar-refractivity contribution in [3.05, 3.63) is 47.6 Å². The predicted molar refractivity (Wildman–Crippen MR) is 109 cm³/mol. The summed E-state index contributed by atoms with van der Waals surface area (Å²) >= 11 is 5.82. The van der Waals surface area contributed by atoms with Crippen LogP contribution in [-0.2, 0) is 9.53 Å². The SMILES string of the molecule is C=C(Cl)CCC(=C)C(O)C(CCC)C1=CCC(C(=O)OC(C)(C)C)C=C1. The highest BCUT2D eigenvalue weighted by molar-refractivity contribution is 6.29. The first kappa shape index (κ1) is 22.7. The minimum atomic E-state index is -0.625. The van der Waals surface area contributed by atoms with Gasteiger partial charge in [-0.2, -0.15) is 0 Å². The Morgan fingerprint density at radius 3 is 2.50 bits per heavy atom. The van der Waals surface area contributed by atoms with E-state index in [1.165, 1.54) is 0 Å². The molecule has 0 spiro atoms. The van der Waals surface area contributed by atoms with Crippen molar-refractivity contribution in [1.82, 2.24) is 0 Å². The average molecular weight is 381 g/mol. The van der Waals surface area contributed by atoms with Crippen LogP contribution in [0.25, 0.3) is 0 Å². The quantitative estimate of drug-likeness (QED) is 0.412. The Balaban J connectivity index is 2.77. The van der Waals surface area contributed by atoms with Crippen LogP contribution in [0.2, 0.25) is 0 Å². The monoisotopic (exact) mass is 380 g/mol. The van der Waals surface area contributed by atoms with Crippen LogP contribution in [0.4, 0.5) is 0 Å². The Morgan fingerprint density at radius 2 is 2.04 bits per heavy atom. The molecule has 0 saturated heterocycles. The fourth-order valence-corrected chi connectivity index (χ4v) is 3.11. The molecule has 0 radical (unpaired) electrons. The second kappa shape index (κ2) is 10.1. The number of carbonyl (C=O) groups excluding carboxylic acids is 1. The molecule has 3 unspecified atom stereocenters. The summed E-state index contributed by atoms with van der Waals surface area (Å²) in [6.45, 7) is 15.4. The summed E-state index contributed by atoms with van der Waals surface area (Å²) in [6, 6.07) is 0. The molecule has 3 nitrogen and oxygen atoms in total. The number of hydrogen-bond donors (Lipinski definition) is 1. The van der Waals surface area contributed by atoms with Gasteiger partial charge in [0.05, 0.1) is 12.0 Å². The zero-order valence-corrected chi connectivity index (χ0v) is 17.3. The lowest BCUT2D eigenvalue weighted by Gasteiger charge is -2.28. The van der Waals surface area contributed by atoms with Crippen molar-refractivity contribution in [2.45, 2.75) is 71.5 Å². The van der Waals surface area contributed by atoms with Gasteiger partial charge in [0.1, 0.15) is 5.60 Å². The molecule has 0 amide bonds. The molecule has 1 aliphatic carbocycles. The van der Waals surface area contributed by atoms with E-state index in [1.807, 2.05) is 39.0 Å². The van der Waals surface area contributed by atoms with E-state index in [4.69, 9.17) is 16.3 Å². The Bertz CT molecular complexity index is 581. The first-order chi connectivity index (χ1) is 12.0. The molecule has 146 valence electrons. The fraction of sp³-hybridized carbons (Fsp3) is 0.591. The molecule has 1 aliphatic rings. The van der Waals surface area contributed by atoms with E-state index in [-0.39, 0.29) is 17.8 Å². The maximum Gasteiger partial charge on any atom is 0.313 e. The van der Waals surface area contributed by atoms with Gasteiger partial charge in [-0.25, -0.2) is 0 Å². The lowest BCUT2D eigenvalue weighted by molar-refractivity contribution is -0.158. The maximum absolute atomic E-state index is 12.2. The van der Waals surface area contributed by atoms with Crippen LogP contribution in [0.1, 0.15) is 59.8 Å². The highest BCUT2D eigenvalue weighted by Crippen LogP contribution is 2.32. The van der Waals surface area contributed by atoms with Gasteiger partial charge >= 0.3 is 5.97 Å². The number of carbonyl (C=O) groups is 1. The minimum absolute atomic E-state index is 0.0214. The minimum Gasteiger partial charge on any atom is -0.460 e. The van der Waals surface area contributed by atoms with Gasteiger partial charge in [-0.1, -0.05) is 56.3 Å². The van der Waals surface area contributed by atoms with Crippen LogP contribution in [0.15, 0.2) is 47.6 Å². The van der Waals surface area contributed by atoms with Crippen molar-refractivity contribution in [3.63, 3.8) is 0 Å². The van der Waals surface area contributed by atoms with Crippen molar-refractivity contribution in [2.24, 2.45) is 11.8 Å². The topological polar surface area (TPSA) is 46.5 Å². The Kier molecular flexibility index (Phi) is 8.85. The van der Waals surface area contributed by atoms with Gasteiger partial charge in [-0.3, -0.25) is 4.79 Å². The second-order valence-electron chi connectivity index (χ2n) is 7.95. The molecule has 0 heterocycles. The summed E-state index contributed by atoms with van der Waals surface area (Å²) in [7, 11) is 0. The largest absolute Gasteiger partial charge is 0.460 e. The summed E-state index contributed by atoms with van der Waals surface area (Å²) in [5.41, 5.74) is 1.35. The van der Waals surface area contributed by atoms with Gasteiger partial charge in [-0.05, 0) is 57.6 Å². The molecule has 0 saturated carbocycles. The number of aliphatic hydroxyl groups excluding tert-OH is 1. The Labute approximate surface area is 163 Å². The van der Waals surface area contributed by atoms with Crippen molar-refractivity contribution in [2.75, 3.05) is 0 Å². The summed E-state index contributed by atoms with van der Waals surface area (Å²) in [5.74, 6) is -0.492. The van der Waals surface area contributed by atoms with Gasteiger partial charge < -0.3 is 9.84 Å². The third kappa shape index (κ3) is 7.51. The maximum atomic E-state index is 12.2. The first-order valence-corrected chi connectivity index (χ1v) is 9.73. The van der Waals surface area contributed by atoms with E-state index in [2.05, 4.69) is 20.1 Å². The van der Waals surface area contributed by atoms with Gasteiger partial charge in [0.15, 0.2) is 0 Å². The highest BCUT2D eigenvalue weighted by atomic mass is 35.5. The number of esters is 1. The number of rotatable bonds is 9. The van der Waals surface area contributed by atoms with E-state index in [1.54, 1.807) is 0 Å². The Morgan fingerprint density at radius 1 is 1.38 bits per heavy atom. The van der Waals surface area contributed by atoms with Crippen molar-refractivity contribution < 1.29 is 14.6 Å². The number of aliphatic hydroxyl groups is 1. The van der Waals surface area contributed by atoms with E-state index in [9.17, 15) is 9.90 Å². The number of ether oxygens (including phenoxy) is 1. The molecular weight excluding hydrogens is 348 g/mol. The highest BCUT2D eigenvalue weighted by Gasteiger charge is 2.28. The molecule has 0 bridgehead atoms. The molecule has 0 aliphatic heterocycles. The third-order valence-corrected chi connectivity index (χ3v) is 4.57. The lowest BCUT2D eigenvalue weighted by atomic mass is 9.81. The molecule has 0 aromatic rings. The van der Waals surface area contributed by atoms with Gasteiger partial charge in [0.2, 0.25) is 0 Å². The third-order valence-electron chi connectivity index (χ3n) is 4.38.